The Balaban J connectivity index is 0.00000145. The number of hydrogen-bond donors (Lipinski definition) is 2. The van der Waals surface area contributed by atoms with Crippen molar-refractivity contribution in [3.05, 3.63) is 66.4 Å². The number of likely N-dealkylation sites (tertiary alicyclic amines) is 1. The smallest absolute Gasteiger partial charge is 0.136 e. The molecule has 0 saturated carbocycles. The predicted octanol–water partition coefficient (Wildman–Crippen LogP) is 5.56. The normalized spacial score (nSPS) is 18.4. The molecule has 158 valence electrons. The molecule has 0 spiro atoms. The zero-order valence-corrected chi connectivity index (χ0v) is 18.8. The van der Waals surface area contributed by atoms with Gasteiger partial charge in [0.05, 0.1) is 11.4 Å². The highest BCUT2D eigenvalue weighted by Crippen LogP contribution is 2.34. The van der Waals surface area contributed by atoms with Crippen LogP contribution in [0.3, 0.4) is 0 Å². The molecule has 1 unspecified atom stereocenters. The average molecular weight is 396 g/mol. The van der Waals surface area contributed by atoms with Crippen molar-refractivity contribution in [2.45, 2.75) is 53.9 Å². The summed E-state index contributed by atoms with van der Waals surface area (Å²) in [7, 11) is 0. The van der Waals surface area contributed by atoms with Crippen molar-refractivity contribution in [2.24, 2.45) is 5.92 Å². The lowest BCUT2D eigenvalue weighted by Gasteiger charge is -2.37. The summed E-state index contributed by atoms with van der Waals surface area (Å²) in [5.74, 6) is 1.40. The van der Waals surface area contributed by atoms with Crippen LogP contribution in [-0.4, -0.2) is 27.8 Å². The van der Waals surface area contributed by atoms with E-state index in [4.69, 9.17) is 0 Å². The number of hydrogen-bond acceptors (Lipinski definition) is 4. The Morgan fingerprint density at radius 2 is 2.07 bits per heavy atom. The number of rotatable bonds is 6. The van der Waals surface area contributed by atoms with Crippen molar-refractivity contribution in [1.29, 1.82) is 0 Å². The number of nitrogens with one attached hydrogen (secondary N) is 2. The van der Waals surface area contributed by atoms with E-state index in [9.17, 15) is 0 Å². The quantitative estimate of drug-likeness (QED) is 0.662. The lowest BCUT2D eigenvalue weighted by atomic mass is 9.94. The Bertz CT molecular complexity index is 825. The molecule has 3 rings (SSSR count). The van der Waals surface area contributed by atoms with Gasteiger partial charge in [0.15, 0.2) is 0 Å². The van der Waals surface area contributed by atoms with Crippen molar-refractivity contribution in [3.63, 3.8) is 0 Å². The highest BCUT2D eigenvalue weighted by Gasteiger charge is 2.27. The Morgan fingerprint density at radius 3 is 2.76 bits per heavy atom. The van der Waals surface area contributed by atoms with E-state index in [0.29, 0.717) is 5.92 Å². The minimum Gasteiger partial charge on any atom is -0.371 e. The Morgan fingerprint density at radius 1 is 1.34 bits per heavy atom. The fraction of sp³-hybridized carbons (Fsp3) is 0.458. The molecule has 29 heavy (non-hydrogen) atoms. The largest absolute Gasteiger partial charge is 0.371 e. The second-order valence-electron chi connectivity index (χ2n) is 7.33. The lowest BCUT2D eigenvalue weighted by molar-refractivity contribution is 0.240. The summed E-state index contributed by atoms with van der Waals surface area (Å²) >= 11 is 0. The van der Waals surface area contributed by atoms with Crippen molar-refractivity contribution >= 4 is 11.5 Å². The van der Waals surface area contributed by atoms with E-state index in [1.54, 1.807) is 0 Å². The summed E-state index contributed by atoms with van der Waals surface area (Å²) in [6.45, 7) is 25.0. The van der Waals surface area contributed by atoms with Gasteiger partial charge in [0.25, 0.3) is 0 Å². The number of allylic oxidation sites excluding steroid dienone is 2. The molecule has 5 heteroatoms. The number of nitrogens with zero attached hydrogens (tertiary/aromatic N) is 3. The minimum atomic E-state index is 0.409. The molecular formula is C24H37N5. The summed E-state index contributed by atoms with van der Waals surface area (Å²) < 4.78 is 1.89. The van der Waals surface area contributed by atoms with Crippen LogP contribution in [-0.2, 0) is 0 Å². The van der Waals surface area contributed by atoms with Crippen LogP contribution in [0.2, 0.25) is 0 Å². The van der Waals surface area contributed by atoms with Crippen LogP contribution >= 0.6 is 0 Å². The van der Waals surface area contributed by atoms with Crippen LogP contribution in [0.25, 0.3) is 5.70 Å². The van der Waals surface area contributed by atoms with E-state index in [1.165, 1.54) is 0 Å². The van der Waals surface area contributed by atoms with Crippen molar-refractivity contribution < 1.29 is 0 Å². The molecule has 0 aromatic carbocycles. The summed E-state index contributed by atoms with van der Waals surface area (Å²) in [6, 6.07) is 0. The molecule has 0 aliphatic carbocycles. The standard InChI is InChI=1S/C22H31N5.C2H6/c1-7-8-11-23-17(4)20-10-9-12-26(14-20)18(5)21-13-24-22-15(2)16(3)25-27(22)19(21)6;1-2/h8,11,13,20,23-24H,4-7,9-10,12,14H2,1-3H3;1-2H3/b11-8-;. The molecule has 2 aliphatic rings. The maximum Gasteiger partial charge on any atom is 0.136 e. The molecule has 0 bridgehead atoms. The van der Waals surface area contributed by atoms with Gasteiger partial charge in [0, 0.05) is 47.7 Å². The van der Waals surface area contributed by atoms with Gasteiger partial charge >= 0.3 is 0 Å². The fourth-order valence-corrected chi connectivity index (χ4v) is 3.64. The molecule has 3 heterocycles. The van der Waals surface area contributed by atoms with Gasteiger partial charge in [-0.25, -0.2) is 4.68 Å². The van der Waals surface area contributed by atoms with Gasteiger partial charge in [-0.3, -0.25) is 0 Å². The molecule has 0 amide bonds. The van der Waals surface area contributed by atoms with Crippen LogP contribution in [0.1, 0.15) is 51.3 Å². The molecule has 5 nitrogen and oxygen atoms in total. The van der Waals surface area contributed by atoms with Crippen LogP contribution < -0.4 is 10.6 Å². The van der Waals surface area contributed by atoms with Crippen molar-refractivity contribution in [3.8, 4) is 0 Å². The first-order valence-electron chi connectivity index (χ1n) is 10.7. The third kappa shape index (κ3) is 4.84. The highest BCUT2D eigenvalue weighted by molar-refractivity contribution is 5.77. The number of fused-ring (bicyclic) bond motifs is 1. The fourth-order valence-electron chi connectivity index (χ4n) is 3.64. The van der Waals surface area contributed by atoms with E-state index >= 15 is 0 Å². The topological polar surface area (TPSA) is 45.1 Å². The van der Waals surface area contributed by atoms with Crippen molar-refractivity contribution in [2.75, 3.05) is 18.4 Å². The highest BCUT2D eigenvalue weighted by atomic mass is 15.4. The molecule has 1 aromatic heterocycles. The zero-order chi connectivity index (χ0) is 21.6. The summed E-state index contributed by atoms with van der Waals surface area (Å²) in [6.07, 6.45) is 9.41. The van der Waals surface area contributed by atoms with Gasteiger partial charge < -0.3 is 15.5 Å². The summed E-state index contributed by atoms with van der Waals surface area (Å²) in [4.78, 5) is 2.34. The van der Waals surface area contributed by atoms with Gasteiger partial charge in [-0.1, -0.05) is 46.6 Å². The van der Waals surface area contributed by atoms with Gasteiger partial charge in [-0.15, -0.1) is 0 Å². The lowest BCUT2D eigenvalue weighted by Crippen LogP contribution is -2.37. The molecular weight excluding hydrogens is 358 g/mol. The molecule has 2 aliphatic heterocycles. The molecule has 1 fully saturated rings. The third-order valence-electron chi connectivity index (χ3n) is 5.51. The van der Waals surface area contributed by atoms with Crippen LogP contribution in [0.15, 0.2) is 55.2 Å². The van der Waals surface area contributed by atoms with Crippen LogP contribution in [0.5, 0.6) is 0 Å². The maximum absolute atomic E-state index is 4.62. The molecule has 1 atom stereocenters. The minimum absolute atomic E-state index is 0.409. The van der Waals surface area contributed by atoms with Gasteiger partial charge in [-0.05, 0) is 39.3 Å². The van der Waals surface area contributed by atoms with E-state index < -0.39 is 0 Å². The Kier molecular flexibility index (Phi) is 7.94. The number of aromatic nitrogens is 2. The first kappa shape index (κ1) is 22.6. The second-order valence-corrected chi connectivity index (χ2v) is 7.33. The monoisotopic (exact) mass is 395 g/mol. The van der Waals surface area contributed by atoms with Gasteiger partial charge in [0.2, 0.25) is 0 Å². The van der Waals surface area contributed by atoms with E-state index in [1.807, 2.05) is 37.9 Å². The molecule has 0 radical (unpaired) electrons. The molecule has 1 saturated heterocycles. The van der Waals surface area contributed by atoms with E-state index in [2.05, 4.69) is 60.3 Å². The van der Waals surface area contributed by atoms with Crippen LogP contribution in [0, 0.1) is 19.8 Å². The predicted molar refractivity (Wildman–Crippen MR) is 125 cm³/mol. The number of aryl methyl sites for hydroxylation is 1. The van der Waals surface area contributed by atoms with Crippen LogP contribution in [0.4, 0.5) is 5.82 Å². The second kappa shape index (κ2) is 10.2. The first-order chi connectivity index (χ1) is 13.9. The average Bonchev–Trinajstić information content (AvgIpc) is 3.04. The Labute approximate surface area is 176 Å². The Hall–Kier alpha value is -2.69. The number of anilines is 1. The molecule has 1 aromatic rings. The SMILES string of the molecule is C=C(N/C=C\CC)C1CCCN(C(=C)C2=CNc3c(C)c(C)nn3C2=C)C1.CC. The summed E-state index contributed by atoms with van der Waals surface area (Å²) in [5.41, 5.74) is 6.11. The van der Waals surface area contributed by atoms with Crippen molar-refractivity contribution in [1.82, 2.24) is 20.0 Å². The summed E-state index contributed by atoms with van der Waals surface area (Å²) in [5, 5.41) is 11.3. The van der Waals surface area contributed by atoms with Gasteiger partial charge in [0.1, 0.15) is 5.82 Å². The van der Waals surface area contributed by atoms with Gasteiger partial charge in [-0.2, -0.15) is 5.10 Å². The molecule has 2 N–H and O–H groups in total. The number of piperidine rings is 1. The maximum atomic E-state index is 4.62. The zero-order valence-electron chi connectivity index (χ0n) is 18.8. The van der Waals surface area contributed by atoms with E-state index in [0.717, 1.165) is 72.1 Å². The third-order valence-corrected chi connectivity index (χ3v) is 5.51. The van der Waals surface area contributed by atoms with E-state index in [-0.39, 0.29) is 0 Å². The first-order valence-corrected chi connectivity index (χ1v) is 10.7.